The lowest BCUT2D eigenvalue weighted by Crippen LogP contribution is -2.13. The van der Waals surface area contributed by atoms with Gasteiger partial charge in [-0.25, -0.2) is 0 Å². The summed E-state index contributed by atoms with van der Waals surface area (Å²) in [5, 5.41) is 7.50. The van der Waals surface area contributed by atoms with Crippen LogP contribution >= 0.6 is 0 Å². The lowest BCUT2D eigenvalue weighted by molar-refractivity contribution is 0.866. The molecular weight excluding hydrogens is 749 g/mol. The molecule has 0 unspecified atom stereocenters. The molecule has 0 amide bonds. The predicted molar refractivity (Wildman–Crippen MR) is 268 cm³/mol. The molecule has 0 heterocycles. The molecule has 0 spiro atoms. The second-order valence-corrected chi connectivity index (χ2v) is 17.4. The van der Waals surface area contributed by atoms with E-state index < -0.39 is 0 Å². The molecule has 0 fully saturated rings. The van der Waals surface area contributed by atoms with Crippen LogP contribution in [0.15, 0.2) is 194 Å². The molecule has 0 aromatic heterocycles. The Morgan fingerprint density at radius 2 is 0.726 bits per heavy atom. The Labute approximate surface area is 366 Å². The maximum atomic E-state index is 2.50. The lowest BCUT2D eigenvalue weighted by Gasteiger charge is -2.31. The van der Waals surface area contributed by atoms with E-state index in [-0.39, 0.29) is 0 Å². The third-order valence-corrected chi connectivity index (χ3v) is 13.0. The summed E-state index contributed by atoms with van der Waals surface area (Å²) in [6, 6.07) is 72.0. The van der Waals surface area contributed by atoms with Crippen molar-refractivity contribution in [1.29, 1.82) is 0 Å². The summed E-state index contributed by atoms with van der Waals surface area (Å²) < 4.78 is 0. The molecule has 0 aliphatic carbocycles. The van der Waals surface area contributed by atoms with Crippen LogP contribution in [-0.4, -0.2) is 0 Å². The van der Waals surface area contributed by atoms with E-state index in [4.69, 9.17) is 0 Å². The van der Waals surface area contributed by atoms with Crippen molar-refractivity contribution in [1.82, 2.24) is 0 Å². The highest BCUT2D eigenvalue weighted by atomic mass is 15.2. The van der Waals surface area contributed by atoms with Gasteiger partial charge in [-0.05, 0) is 140 Å². The van der Waals surface area contributed by atoms with Crippen molar-refractivity contribution in [2.45, 2.75) is 53.4 Å². The van der Waals surface area contributed by atoms with Crippen LogP contribution in [0.2, 0.25) is 0 Å². The monoisotopic (exact) mass is 800 g/mol. The number of nitrogens with zero attached hydrogens (tertiary/aromatic N) is 2. The first-order chi connectivity index (χ1) is 30.3. The van der Waals surface area contributed by atoms with Crippen LogP contribution in [0, 0.1) is 13.8 Å². The fourth-order valence-corrected chi connectivity index (χ4v) is 9.61. The largest absolute Gasteiger partial charge is 0.310 e. The summed E-state index contributed by atoms with van der Waals surface area (Å²) in [5.41, 5.74) is 17.0. The van der Waals surface area contributed by atoms with Crippen LogP contribution in [0.3, 0.4) is 0 Å². The molecule has 2 nitrogen and oxygen atoms in total. The molecule has 0 aliphatic heterocycles. The minimum absolute atomic E-state index is 0.398. The average molecular weight is 801 g/mol. The van der Waals surface area contributed by atoms with Crippen molar-refractivity contribution in [2.24, 2.45) is 0 Å². The molecule has 0 radical (unpaired) electrons. The van der Waals surface area contributed by atoms with E-state index in [0.717, 1.165) is 11.4 Å². The predicted octanol–water partition coefficient (Wildman–Crippen LogP) is 17.7. The molecule has 0 aliphatic rings. The fourth-order valence-electron chi connectivity index (χ4n) is 9.61. The highest BCUT2D eigenvalue weighted by molar-refractivity contribution is 6.28. The molecule has 0 saturated carbocycles. The maximum absolute atomic E-state index is 2.50. The van der Waals surface area contributed by atoms with Gasteiger partial charge in [0.2, 0.25) is 0 Å². The van der Waals surface area contributed by atoms with Crippen LogP contribution in [0.5, 0.6) is 0 Å². The maximum Gasteiger partial charge on any atom is 0.0540 e. The van der Waals surface area contributed by atoms with Crippen molar-refractivity contribution in [2.75, 3.05) is 9.80 Å². The standard InChI is InChI=1S/C60H52N2/c1-39(2)47-21-13-23-49(37-47)61(55-27-15-25-51(41(55)5)43-17-9-7-10-18-43)57-35-31-45-30-34-54-58(36-32-46-29-33-53(57)59(45)60(46)54)62(50-24-14-22-48(38-50)40(3)4)56-28-16-26-52(42(56)6)44-19-11-8-12-20-44/h7-40H,1-6H3. The summed E-state index contributed by atoms with van der Waals surface area (Å²) in [4.78, 5) is 5.01. The zero-order valence-corrected chi connectivity index (χ0v) is 36.5. The van der Waals surface area contributed by atoms with E-state index in [1.54, 1.807) is 0 Å². The second kappa shape index (κ2) is 16.0. The van der Waals surface area contributed by atoms with E-state index in [1.807, 2.05) is 0 Å². The topological polar surface area (TPSA) is 6.48 Å². The molecule has 0 atom stereocenters. The van der Waals surface area contributed by atoms with E-state index in [0.29, 0.717) is 11.8 Å². The summed E-state index contributed by atoms with van der Waals surface area (Å²) in [5.74, 6) is 0.795. The van der Waals surface area contributed by atoms with Gasteiger partial charge >= 0.3 is 0 Å². The summed E-state index contributed by atoms with van der Waals surface area (Å²) in [7, 11) is 0. The van der Waals surface area contributed by atoms with Crippen molar-refractivity contribution >= 4 is 66.4 Å². The Morgan fingerprint density at radius 3 is 1.13 bits per heavy atom. The Bertz CT molecular complexity index is 3000. The molecule has 0 saturated heterocycles. The molecule has 10 aromatic carbocycles. The van der Waals surface area contributed by atoms with Gasteiger partial charge in [0.1, 0.15) is 0 Å². The van der Waals surface area contributed by atoms with Gasteiger partial charge in [-0.3, -0.25) is 0 Å². The van der Waals surface area contributed by atoms with Crippen molar-refractivity contribution < 1.29 is 0 Å². The fraction of sp³-hybridized carbons (Fsp3) is 0.133. The van der Waals surface area contributed by atoms with Gasteiger partial charge in [-0.2, -0.15) is 0 Å². The molecule has 0 N–H and O–H groups in total. The zero-order chi connectivity index (χ0) is 42.5. The third kappa shape index (κ3) is 6.77. The Kier molecular flexibility index (Phi) is 10.1. The lowest BCUT2D eigenvalue weighted by atomic mass is 9.91. The van der Waals surface area contributed by atoms with Crippen molar-refractivity contribution in [3.05, 3.63) is 216 Å². The van der Waals surface area contributed by atoms with Crippen LogP contribution in [0.1, 0.15) is 61.8 Å². The van der Waals surface area contributed by atoms with Gasteiger partial charge < -0.3 is 9.80 Å². The third-order valence-electron chi connectivity index (χ3n) is 13.0. The first kappa shape index (κ1) is 39.0. The van der Waals surface area contributed by atoms with Gasteiger partial charge in [0.15, 0.2) is 0 Å². The first-order valence-corrected chi connectivity index (χ1v) is 22.1. The van der Waals surface area contributed by atoms with Gasteiger partial charge in [-0.15, -0.1) is 0 Å². The molecular formula is C60H52N2. The Hall–Kier alpha value is -7.16. The smallest absolute Gasteiger partial charge is 0.0540 e. The highest BCUT2D eigenvalue weighted by Gasteiger charge is 2.25. The first-order valence-electron chi connectivity index (χ1n) is 22.1. The molecule has 10 aromatic rings. The quantitative estimate of drug-likeness (QED) is 0.127. The molecule has 2 heteroatoms. The summed E-state index contributed by atoms with van der Waals surface area (Å²) in [6.45, 7) is 13.7. The van der Waals surface area contributed by atoms with Gasteiger partial charge in [0.05, 0.1) is 11.4 Å². The van der Waals surface area contributed by atoms with E-state index in [2.05, 4.69) is 245 Å². The molecule has 10 rings (SSSR count). The van der Waals surface area contributed by atoms with Crippen LogP contribution < -0.4 is 9.80 Å². The van der Waals surface area contributed by atoms with E-state index in [1.165, 1.54) is 99.6 Å². The van der Waals surface area contributed by atoms with Crippen LogP contribution in [0.25, 0.3) is 54.6 Å². The SMILES string of the molecule is Cc1c(-c2ccccc2)cccc1N(c1cccc(C(C)C)c1)c1ccc2ccc3c(N(c4cccc(C(C)C)c4)c4cccc(-c5ccccc5)c4C)ccc4ccc1c2c43. The molecule has 302 valence electrons. The highest BCUT2D eigenvalue weighted by Crippen LogP contribution is 2.49. The van der Waals surface area contributed by atoms with Crippen molar-refractivity contribution in [3.63, 3.8) is 0 Å². The second-order valence-electron chi connectivity index (χ2n) is 17.4. The number of anilines is 6. The molecule has 0 bridgehead atoms. The van der Waals surface area contributed by atoms with Gasteiger partial charge in [0, 0.05) is 33.5 Å². The van der Waals surface area contributed by atoms with Crippen LogP contribution in [-0.2, 0) is 0 Å². The zero-order valence-electron chi connectivity index (χ0n) is 36.5. The van der Waals surface area contributed by atoms with Gasteiger partial charge in [-0.1, -0.05) is 173 Å². The van der Waals surface area contributed by atoms with Crippen LogP contribution in [0.4, 0.5) is 34.1 Å². The number of rotatable bonds is 10. The summed E-state index contributed by atoms with van der Waals surface area (Å²) >= 11 is 0. The average Bonchev–Trinajstić information content (AvgIpc) is 3.31. The number of hydrogen-bond acceptors (Lipinski definition) is 2. The van der Waals surface area contributed by atoms with E-state index >= 15 is 0 Å². The molecule has 62 heavy (non-hydrogen) atoms. The minimum atomic E-state index is 0.398. The summed E-state index contributed by atoms with van der Waals surface area (Å²) in [6.07, 6.45) is 0. The number of hydrogen-bond donors (Lipinski definition) is 0. The Balaban J connectivity index is 1.23. The number of benzene rings is 10. The van der Waals surface area contributed by atoms with Gasteiger partial charge in [0.25, 0.3) is 0 Å². The Morgan fingerprint density at radius 1 is 0.339 bits per heavy atom. The van der Waals surface area contributed by atoms with E-state index in [9.17, 15) is 0 Å². The van der Waals surface area contributed by atoms with Crippen molar-refractivity contribution in [3.8, 4) is 22.3 Å². The normalized spacial score (nSPS) is 11.7. The minimum Gasteiger partial charge on any atom is -0.310 e.